The molecule has 0 saturated heterocycles. The second kappa shape index (κ2) is 4.10. The fourth-order valence-corrected chi connectivity index (χ4v) is 3.09. The van der Waals surface area contributed by atoms with Crippen LogP contribution in [0.3, 0.4) is 0 Å². The van der Waals surface area contributed by atoms with Crippen molar-refractivity contribution in [1.29, 1.82) is 0 Å². The van der Waals surface area contributed by atoms with Gasteiger partial charge in [0.05, 0.1) is 16.7 Å². The molecule has 0 saturated carbocycles. The Morgan fingerprint density at radius 3 is 2.89 bits per heavy atom. The van der Waals surface area contributed by atoms with Crippen LogP contribution in [0.5, 0.6) is 0 Å². The highest BCUT2D eigenvalue weighted by Gasteiger charge is 2.14. The van der Waals surface area contributed by atoms with Crippen molar-refractivity contribution in [3.05, 3.63) is 33.6 Å². The molecule has 0 unspecified atom stereocenters. The lowest BCUT2D eigenvalue weighted by Gasteiger charge is -2.00. The van der Waals surface area contributed by atoms with Crippen LogP contribution in [-0.4, -0.2) is 20.9 Å². The summed E-state index contributed by atoms with van der Waals surface area (Å²) in [4.78, 5) is 7.98. The molecule has 0 aliphatic rings. The summed E-state index contributed by atoms with van der Waals surface area (Å²) < 4.78 is 3.14. The van der Waals surface area contributed by atoms with E-state index in [-0.39, 0.29) is 0 Å². The number of H-pyrrole nitrogens is 1. The van der Waals surface area contributed by atoms with Crippen LogP contribution in [-0.2, 0) is 6.42 Å². The lowest BCUT2D eigenvalue weighted by atomic mass is 10.1. The maximum absolute atomic E-state index is 5.61. The topological polar surface area (TPSA) is 59.1 Å². The van der Waals surface area contributed by atoms with Gasteiger partial charge in [0, 0.05) is 6.42 Å². The average Bonchev–Trinajstić information content (AvgIpc) is 2.79. The number of fused-ring (bicyclic) bond motifs is 3. The predicted molar refractivity (Wildman–Crippen MR) is 77.0 cm³/mol. The van der Waals surface area contributed by atoms with Crippen LogP contribution < -0.4 is 5.73 Å². The fraction of sp³-hybridized carbons (Fsp3) is 0.308. The number of imidazole rings is 2. The van der Waals surface area contributed by atoms with Crippen molar-refractivity contribution in [2.75, 3.05) is 6.54 Å². The molecule has 5 heteroatoms. The zero-order chi connectivity index (χ0) is 12.9. The summed E-state index contributed by atoms with van der Waals surface area (Å²) >= 11 is 3.64. The van der Waals surface area contributed by atoms with Crippen LogP contribution >= 0.6 is 15.9 Å². The number of aromatic nitrogens is 3. The number of halogens is 1. The van der Waals surface area contributed by atoms with E-state index < -0.39 is 0 Å². The number of nitrogens with two attached hydrogens (primary N) is 1. The van der Waals surface area contributed by atoms with Crippen molar-refractivity contribution < 1.29 is 0 Å². The molecule has 1 aromatic carbocycles. The smallest absolute Gasteiger partial charge is 0.213 e. The molecule has 0 spiro atoms. The maximum atomic E-state index is 5.61. The molecule has 0 amide bonds. The summed E-state index contributed by atoms with van der Waals surface area (Å²) in [5, 5.41) is 0. The normalized spacial score (nSPS) is 11.8. The molecule has 0 aliphatic carbocycles. The molecular weight excluding hydrogens is 292 g/mol. The summed E-state index contributed by atoms with van der Waals surface area (Å²) in [7, 11) is 0. The highest BCUT2D eigenvalue weighted by molar-refractivity contribution is 9.10. The highest BCUT2D eigenvalue weighted by Crippen LogP contribution is 2.27. The zero-order valence-electron chi connectivity index (χ0n) is 10.4. The van der Waals surface area contributed by atoms with E-state index in [0.717, 1.165) is 33.5 Å². The van der Waals surface area contributed by atoms with Gasteiger partial charge in [0.25, 0.3) is 0 Å². The third-order valence-corrected chi connectivity index (χ3v) is 4.03. The molecule has 18 heavy (non-hydrogen) atoms. The minimum atomic E-state index is 0.623. The van der Waals surface area contributed by atoms with Crippen LogP contribution in [0.2, 0.25) is 0 Å². The van der Waals surface area contributed by atoms with Gasteiger partial charge in [-0.2, -0.15) is 0 Å². The SMILES string of the molecule is Cc1cc(C)c2nc3[nH]c(CCN)c(Br)n3c2c1. The molecular formula is C13H15BrN4. The molecule has 4 nitrogen and oxygen atoms in total. The second-order valence-electron chi connectivity index (χ2n) is 4.65. The first-order chi connectivity index (χ1) is 8.61. The van der Waals surface area contributed by atoms with E-state index in [4.69, 9.17) is 5.73 Å². The molecule has 2 heterocycles. The number of hydrogen-bond donors (Lipinski definition) is 2. The molecule has 0 radical (unpaired) electrons. The highest BCUT2D eigenvalue weighted by atomic mass is 79.9. The van der Waals surface area contributed by atoms with Crippen molar-refractivity contribution in [2.45, 2.75) is 20.3 Å². The van der Waals surface area contributed by atoms with Gasteiger partial charge < -0.3 is 10.7 Å². The summed E-state index contributed by atoms with van der Waals surface area (Å²) in [6.45, 7) is 4.82. The summed E-state index contributed by atoms with van der Waals surface area (Å²) in [6, 6.07) is 4.32. The van der Waals surface area contributed by atoms with E-state index >= 15 is 0 Å². The van der Waals surface area contributed by atoms with Crippen LogP contribution in [0.25, 0.3) is 16.8 Å². The number of nitrogens with zero attached hydrogens (tertiary/aromatic N) is 2. The standard InChI is InChI=1S/C13H15BrN4/c1-7-5-8(2)11-10(6-7)18-12(14)9(3-4-15)16-13(18)17-11/h5-6H,3-4,15H2,1-2H3,(H,16,17). The maximum Gasteiger partial charge on any atom is 0.213 e. The van der Waals surface area contributed by atoms with Gasteiger partial charge in [0.1, 0.15) is 4.60 Å². The summed E-state index contributed by atoms with van der Waals surface area (Å²) in [5.74, 6) is 0.869. The molecule has 2 aromatic heterocycles. The second-order valence-corrected chi connectivity index (χ2v) is 5.40. The Morgan fingerprint density at radius 1 is 1.39 bits per heavy atom. The van der Waals surface area contributed by atoms with E-state index in [2.05, 4.69) is 56.3 Å². The van der Waals surface area contributed by atoms with Gasteiger partial charge in [-0.25, -0.2) is 4.98 Å². The van der Waals surface area contributed by atoms with E-state index in [1.165, 1.54) is 11.1 Å². The monoisotopic (exact) mass is 306 g/mol. The summed E-state index contributed by atoms with van der Waals surface area (Å²) in [5.41, 5.74) is 11.3. The van der Waals surface area contributed by atoms with Crippen molar-refractivity contribution in [3.8, 4) is 0 Å². The number of rotatable bonds is 2. The number of nitrogens with one attached hydrogen (secondary N) is 1. The Hall–Kier alpha value is -1.33. The van der Waals surface area contributed by atoms with Crippen LogP contribution in [0.1, 0.15) is 16.8 Å². The van der Waals surface area contributed by atoms with Crippen molar-refractivity contribution in [3.63, 3.8) is 0 Å². The first-order valence-electron chi connectivity index (χ1n) is 5.97. The lowest BCUT2D eigenvalue weighted by Crippen LogP contribution is -2.03. The number of hydrogen-bond acceptors (Lipinski definition) is 2. The van der Waals surface area contributed by atoms with Crippen molar-refractivity contribution in [2.24, 2.45) is 5.73 Å². The Kier molecular flexibility index (Phi) is 2.68. The van der Waals surface area contributed by atoms with Gasteiger partial charge in [0.2, 0.25) is 5.78 Å². The van der Waals surface area contributed by atoms with Gasteiger partial charge in [-0.05, 0) is 53.5 Å². The molecule has 0 bridgehead atoms. The van der Waals surface area contributed by atoms with Gasteiger partial charge >= 0.3 is 0 Å². The van der Waals surface area contributed by atoms with E-state index in [1.54, 1.807) is 0 Å². The fourth-order valence-electron chi connectivity index (χ4n) is 2.44. The molecule has 3 N–H and O–H groups in total. The third kappa shape index (κ3) is 1.58. The Morgan fingerprint density at radius 2 is 2.17 bits per heavy atom. The first kappa shape index (κ1) is 11.7. The Bertz CT molecular complexity index is 738. The van der Waals surface area contributed by atoms with Gasteiger partial charge in [-0.1, -0.05) is 6.07 Å². The van der Waals surface area contributed by atoms with Gasteiger partial charge in [-0.3, -0.25) is 4.40 Å². The van der Waals surface area contributed by atoms with Crippen LogP contribution in [0, 0.1) is 13.8 Å². The molecule has 3 rings (SSSR count). The number of benzene rings is 1. The van der Waals surface area contributed by atoms with Crippen molar-refractivity contribution >= 4 is 32.7 Å². The van der Waals surface area contributed by atoms with Crippen LogP contribution in [0.15, 0.2) is 16.7 Å². The molecule has 0 atom stereocenters. The van der Waals surface area contributed by atoms with Crippen LogP contribution in [0.4, 0.5) is 0 Å². The Labute approximate surface area is 113 Å². The lowest BCUT2D eigenvalue weighted by molar-refractivity contribution is 0.928. The minimum absolute atomic E-state index is 0.623. The number of aryl methyl sites for hydroxylation is 2. The molecule has 94 valence electrons. The van der Waals surface area contributed by atoms with Gasteiger partial charge in [0.15, 0.2) is 0 Å². The first-order valence-corrected chi connectivity index (χ1v) is 6.77. The molecule has 0 aliphatic heterocycles. The van der Waals surface area contributed by atoms with E-state index in [1.807, 2.05) is 0 Å². The zero-order valence-corrected chi connectivity index (χ0v) is 12.0. The van der Waals surface area contributed by atoms with E-state index in [9.17, 15) is 0 Å². The van der Waals surface area contributed by atoms with Gasteiger partial charge in [-0.15, -0.1) is 0 Å². The molecule has 0 fully saturated rings. The Balaban J connectivity index is 2.40. The van der Waals surface area contributed by atoms with E-state index in [0.29, 0.717) is 6.54 Å². The van der Waals surface area contributed by atoms with Crippen molar-refractivity contribution in [1.82, 2.24) is 14.4 Å². The average molecular weight is 307 g/mol. The quantitative estimate of drug-likeness (QED) is 0.765. The third-order valence-electron chi connectivity index (χ3n) is 3.20. The summed E-state index contributed by atoms with van der Waals surface area (Å²) in [6.07, 6.45) is 0.816. The largest absolute Gasteiger partial charge is 0.330 e. The molecule has 3 aromatic rings. The minimum Gasteiger partial charge on any atom is -0.330 e. The predicted octanol–water partition coefficient (Wildman–Crippen LogP) is 2.70. The number of aromatic amines is 1.